The molecule has 32 heavy (non-hydrogen) atoms. The number of hydrogen-bond donors (Lipinski definition) is 1. The Hall–Kier alpha value is -3.03. The van der Waals surface area contributed by atoms with Gasteiger partial charge in [0.15, 0.2) is 0 Å². The Balaban J connectivity index is 1.52. The Labute approximate surface area is 195 Å². The van der Waals surface area contributed by atoms with E-state index in [-0.39, 0.29) is 11.9 Å². The lowest BCUT2D eigenvalue weighted by molar-refractivity contribution is 0.0739. The maximum absolute atomic E-state index is 13.4. The molecule has 0 saturated heterocycles. The molecule has 1 aliphatic rings. The van der Waals surface area contributed by atoms with Crippen molar-refractivity contribution in [3.05, 3.63) is 89.1 Å². The lowest BCUT2D eigenvalue weighted by Gasteiger charge is -2.26. The first-order chi connectivity index (χ1) is 15.7. The highest BCUT2D eigenvalue weighted by atomic mass is 35.5. The zero-order chi connectivity index (χ0) is 22.1. The average molecular weight is 464 g/mol. The molecule has 8 heteroatoms. The van der Waals surface area contributed by atoms with Gasteiger partial charge in [-0.15, -0.1) is 11.8 Å². The SMILES string of the molecule is CSc1ccc(C2c3c(-c4ccc(Cl)cc4)n[nH]c3C(=O)N2CCCn2ccnc2)cc1. The zero-order valence-corrected chi connectivity index (χ0v) is 19.1. The van der Waals surface area contributed by atoms with Crippen molar-refractivity contribution in [3.8, 4) is 11.3 Å². The van der Waals surface area contributed by atoms with Gasteiger partial charge in [0.25, 0.3) is 5.91 Å². The van der Waals surface area contributed by atoms with E-state index < -0.39 is 0 Å². The van der Waals surface area contributed by atoms with Crippen molar-refractivity contribution in [2.75, 3.05) is 12.8 Å². The lowest BCUT2D eigenvalue weighted by Crippen LogP contribution is -2.31. The first kappa shape index (κ1) is 20.8. The van der Waals surface area contributed by atoms with E-state index in [1.807, 2.05) is 39.9 Å². The minimum absolute atomic E-state index is 0.0164. The van der Waals surface area contributed by atoms with Crippen LogP contribution in [0, 0.1) is 0 Å². The zero-order valence-electron chi connectivity index (χ0n) is 17.5. The van der Waals surface area contributed by atoms with Crippen LogP contribution in [0.2, 0.25) is 5.02 Å². The molecule has 0 spiro atoms. The predicted octanol–water partition coefficient (Wildman–Crippen LogP) is 5.28. The van der Waals surface area contributed by atoms with E-state index >= 15 is 0 Å². The van der Waals surface area contributed by atoms with Crippen molar-refractivity contribution in [1.82, 2.24) is 24.6 Å². The maximum Gasteiger partial charge on any atom is 0.273 e. The summed E-state index contributed by atoms with van der Waals surface area (Å²) >= 11 is 7.79. The van der Waals surface area contributed by atoms with Gasteiger partial charge in [-0.05, 0) is 42.5 Å². The number of aromatic nitrogens is 4. The van der Waals surface area contributed by atoms with Gasteiger partial charge in [0.05, 0.1) is 18.1 Å². The largest absolute Gasteiger partial charge is 0.337 e. The third kappa shape index (κ3) is 3.82. The van der Waals surface area contributed by atoms with Crippen molar-refractivity contribution < 1.29 is 4.79 Å². The molecular weight excluding hydrogens is 442 g/mol. The Morgan fingerprint density at radius 1 is 1.09 bits per heavy atom. The second kappa shape index (κ2) is 8.84. The first-order valence-electron chi connectivity index (χ1n) is 10.4. The predicted molar refractivity (Wildman–Crippen MR) is 127 cm³/mol. The molecule has 0 aliphatic carbocycles. The molecule has 1 atom stereocenters. The molecule has 2 aromatic carbocycles. The fourth-order valence-corrected chi connectivity index (χ4v) is 4.76. The summed E-state index contributed by atoms with van der Waals surface area (Å²) in [6.45, 7) is 1.44. The number of aryl methyl sites for hydroxylation is 1. The van der Waals surface area contributed by atoms with E-state index in [0.29, 0.717) is 17.3 Å². The molecule has 1 aliphatic heterocycles. The molecule has 6 nitrogen and oxygen atoms in total. The second-order valence-electron chi connectivity index (χ2n) is 7.70. The molecule has 0 bridgehead atoms. The van der Waals surface area contributed by atoms with Gasteiger partial charge >= 0.3 is 0 Å². The minimum atomic E-state index is -0.194. The molecule has 4 aromatic rings. The highest BCUT2D eigenvalue weighted by Crippen LogP contribution is 2.43. The number of carbonyl (C=O) groups excluding carboxylic acids is 1. The Morgan fingerprint density at radius 2 is 1.88 bits per heavy atom. The molecule has 162 valence electrons. The van der Waals surface area contributed by atoms with Crippen LogP contribution in [0.15, 0.2) is 72.1 Å². The van der Waals surface area contributed by atoms with E-state index in [1.165, 1.54) is 4.90 Å². The van der Waals surface area contributed by atoms with Crippen LogP contribution in [0.5, 0.6) is 0 Å². The molecular formula is C24H22ClN5OS. The number of thioether (sulfide) groups is 1. The summed E-state index contributed by atoms with van der Waals surface area (Å²) in [5, 5.41) is 8.20. The summed E-state index contributed by atoms with van der Waals surface area (Å²) in [5.41, 5.74) is 4.30. The normalized spacial score (nSPS) is 15.4. The highest BCUT2D eigenvalue weighted by Gasteiger charge is 2.41. The monoisotopic (exact) mass is 463 g/mol. The number of nitrogens with zero attached hydrogens (tertiary/aromatic N) is 4. The van der Waals surface area contributed by atoms with Crippen molar-refractivity contribution in [2.24, 2.45) is 0 Å². The minimum Gasteiger partial charge on any atom is -0.337 e. The van der Waals surface area contributed by atoms with Crippen molar-refractivity contribution in [2.45, 2.75) is 23.9 Å². The molecule has 3 heterocycles. The summed E-state index contributed by atoms with van der Waals surface area (Å²) in [6.07, 6.45) is 8.40. The van der Waals surface area contributed by atoms with Crippen LogP contribution in [0.3, 0.4) is 0 Å². The molecule has 1 amide bonds. The molecule has 0 fully saturated rings. The highest BCUT2D eigenvalue weighted by molar-refractivity contribution is 7.98. The number of H-pyrrole nitrogens is 1. The first-order valence-corrected chi connectivity index (χ1v) is 12.0. The number of benzene rings is 2. The molecule has 0 radical (unpaired) electrons. The molecule has 1 N–H and O–H groups in total. The standard InChI is InChI=1S/C24H22ClN5OS/c1-32-19-9-5-17(6-10-19)23-20-21(16-3-7-18(25)8-4-16)27-28-22(20)24(31)30(23)13-2-12-29-14-11-26-15-29/h3-11,14-15,23H,2,12-13H2,1H3,(H,27,28). The Bertz CT molecular complexity index is 1220. The van der Waals surface area contributed by atoms with Gasteiger partial charge in [-0.2, -0.15) is 5.10 Å². The van der Waals surface area contributed by atoms with Gasteiger partial charge in [-0.1, -0.05) is 35.9 Å². The summed E-state index contributed by atoms with van der Waals surface area (Å²) < 4.78 is 2.03. The van der Waals surface area contributed by atoms with E-state index in [9.17, 15) is 4.79 Å². The topological polar surface area (TPSA) is 66.8 Å². The molecule has 1 unspecified atom stereocenters. The molecule has 0 saturated carbocycles. The Kier molecular flexibility index (Phi) is 5.76. The number of nitrogens with one attached hydrogen (secondary N) is 1. The Morgan fingerprint density at radius 3 is 2.56 bits per heavy atom. The van der Waals surface area contributed by atoms with E-state index in [1.54, 1.807) is 24.3 Å². The van der Waals surface area contributed by atoms with Gasteiger partial charge in [0, 0.05) is 46.5 Å². The van der Waals surface area contributed by atoms with Gasteiger partial charge in [0.2, 0.25) is 0 Å². The van der Waals surface area contributed by atoms with Crippen LogP contribution < -0.4 is 0 Å². The second-order valence-corrected chi connectivity index (χ2v) is 9.01. The number of amides is 1. The maximum atomic E-state index is 13.4. The number of carbonyl (C=O) groups is 1. The van der Waals surface area contributed by atoms with Gasteiger partial charge in [-0.25, -0.2) is 4.98 Å². The number of hydrogen-bond acceptors (Lipinski definition) is 4. The van der Waals surface area contributed by atoms with Crippen LogP contribution >= 0.6 is 23.4 Å². The molecule has 5 rings (SSSR count). The summed E-state index contributed by atoms with van der Waals surface area (Å²) in [4.78, 5) is 20.6. The van der Waals surface area contributed by atoms with Crippen molar-refractivity contribution in [3.63, 3.8) is 0 Å². The summed E-state index contributed by atoms with van der Waals surface area (Å²) in [6, 6.07) is 15.8. The van der Waals surface area contributed by atoms with E-state index in [2.05, 4.69) is 45.7 Å². The van der Waals surface area contributed by atoms with Crippen LogP contribution in [0.25, 0.3) is 11.3 Å². The average Bonchev–Trinajstić information content (AvgIpc) is 3.54. The number of imidazole rings is 1. The number of fused-ring (bicyclic) bond motifs is 1. The number of halogens is 1. The third-order valence-corrected chi connectivity index (χ3v) is 6.78. The number of rotatable bonds is 7. The van der Waals surface area contributed by atoms with Crippen LogP contribution in [-0.2, 0) is 6.54 Å². The fraction of sp³-hybridized carbons (Fsp3) is 0.208. The van der Waals surface area contributed by atoms with Gasteiger partial charge in [0.1, 0.15) is 5.69 Å². The number of aromatic amines is 1. The van der Waals surface area contributed by atoms with Crippen molar-refractivity contribution in [1.29, 1.82) is 0 Å². The smallest absolute Gasteiger partial charge is 0.273 e. The van der Waals surface area contributed by atoms with Gasteiger partial charge in [-0.3, -0.25) is 9.89 Å². The van der Waals surface area contributed by atoms with E-state index in [0.717, 1.165) is 35.3 Å². The van der Waals surface area contributed by atoms with E-state index in [4.69, 9.17) is 11.6 Å². The lowest BCUT2D eigenvalue weighted by atomic mass is 9.96. The van der Waals surface area contributed by atoms with Crippen LogP contribution in [0.1, 0.15) is 34.1 Å². The summed E-state index contributed by atoms with van der Waals surface area (Å²) in [5.74, 6) is -0.0164. The van der Waals surface area contributed by atoms with Gasteiger partial charge < -0.3 is 9.47 Å². The summed E-state index contributed by atoms with van der Waals surface area (Å²) in [7, 11) is 0. The molecule has 2 aromatic heterocycles. The fourth-order valence-electron chi connectivity index (χ4n) is 4.23. The van der Waals surface area contributed by atoms with Crippen LogP contribution in [-0.4, -0.2) is 43.4 Å². The van der Waals surface area contributed by atoms with Crippen LogP contribution in [0.4, 0.5) is 0 Å². The van der Waals surface area contributed by atoms with Crippen molar-refractivity contribution >= 4 is 29.3 Å². The third-order valence-electron chi connectivity index (χ3n) is 5.79. The quantitative estimate of drug-likeness (QED) is 0.378.